The second-order valence-corrected chi connectivity index (χ2v) is 6.80. The maximum atomic E-state index is 13.7. The normalized spacial score (nSPS) is 16.6. The van der Waals surface area contributed by atoms with Crippen LogP contribution < -0.4 is 10.1 Å². The van der Waals surface area contributed by atoms with Crippen molar-refractivity contribution in [3.8, 4) is 5.75 Å². The van der Waals surface area contributed by atoms with Crippen LogP contribution >= 0.6 is 15.9 Å². The molecule has 132 valence electrons. The standard InChI is InChI=1S/C19H19BrFNO3/c20-15-5-8-18(21)14(10-15)11-22-19(23)13-3-6-16(7-4-13)25-12-17-2-1-9-24-17/h3-8,10,17H,1-2,9,11-12H2,(H,22,23). The second kappa shape index (κ2) is 8.45. The Hall–Kier alpha value is -1.92. The first-order chi connectivity index (χ1) is 12.1. The van der Waals surface area contributed by atoms with Gasteiger partial charge in [-0.25, -0.2) is 4.39 Å². The third-order valence-corrected chi connectivity index (χ3v) is 4.52. The van der Waals surface area contributed by atoms with Crippen molar-refractivity contribution in [2.24, 2.45) is 0 Å². The molecule has 1 N–H and O–H groups in total. The van der Waals surface area contributed by atoms with E-state index in [1.807, 2.05) is 0 Å². The van der Waals surface area contributed by atoms with Gasteiger partial charge in [0.1, 0.15) is 18.2 Å². The average Bonchev–Trinajstić information content (AvgIpc) is 3.14. The molecule has 0 aliphatic carbocycles. The maximum Gasteiger partial charge on any atom is 0.251 e. The molecule has 0 spiro atoms. The number of carbonyl (C=O) groups excluding carboxylic acids is 1. The van der Waals surface area contributed by atoms with Crippen LogP contribution in [0.5, 0.6) is 5.75 Å². The summed E-state index contributed by atoms with van der Waals surface area (Å²) in [6, 6.07) is 11.5. The Morgan fingerprint density at radius 1 is 1.28 bits per heavy atom. The van der Waals surface area contributed by atoms with Gasteiger partial charge in [0.2, 0.25) is 0 Å². The number of hydrogen-bond donors (Lipinski definition) is 1. The van der Waals surface area contributed by atoms with Crippen LogP contribution in [0.2, 0.25) is 0 Å². The topological polar surface area (TPSA) is 47.6 Å². The van der Waals surface area contributed by atoms with Gasteiger partial charge in [0.05, 0.1) is 6.10 Å². The zero-order valence-corrected chi connectivity index (χ0v) is 15.2. The molecule has 0 radical (unpaired) electrons. The highest BCUT2D eigenvalue weighted by Gasteiger charge is 2.16. The van der Waals surface area contributed by atoms with Gasteiger partial charge < -0.3 is 14.8 Å². The molecule has 1 aliphatic rings. The molecule has 4 nitrogen and oxygen atoms in total. The molecule has 0 saturated carbocycles. The van der Waals surface area contributed by atoms with Crippen LogP contribution in [0.1, 0.15) is 28.8 Å². The summed E-state index contributed by atoms with van der Waals surface area (Å²) in [7, 11) is 0. The SMILES string of the molecule is O=C(NCc1cc(Br)ccc1F)c1ccc(OCC2CCCO2)cc1. The Kier molecular flexibility index (Phi) is 6.04. The molecule has 1 aliphatic heterocycles. The number of carbonyl (C=O) groups is 1. The lowest BCUT2D eigenvalue weighted by Gasteiger charge is -2.12. The minimum Gasteiger partial charge on any atom is -0.491 e. The fourth-order valence-corrected chi connectivity index (χ4v) is 3.03. The molecule has 3 rings (SSSR count). The Morgan fingerprint density at radius 2 is 2.08 bits per heavy atom. The third-order valence-electron chi connectivity index (χ3n) is 4.02. The maximum absolute atomic E-state index is 13.7. The summed E-state index contributed by atoms with van der Waals surface area (Å²) in [4.78, 5) is 12.2. The van der Waals surface area contributed by atoms with Crippen molar-refractivity contribution in [2.45, 2.75) is 25.5 Å². The molecule has 1 saturated heterocycles. The molecule has 0 bridgehead atoms. The van der Waals surface area contributed by atoms with Gasteiger partial charge in [-0.15, -0.1) is 0 Å². The van der Waals surface area contributed by atoms with E-state index in [9.17, 15) is 9.18 Å². The first-order valence-electron chi connectivity index (χ1n) is 8.18. The van der Waals surface area contributed by atoms with E-state index in [0.29, 0.717) is 23.5 Å². The monoisotopic (exact) mass is 407 g/mol. The number of rotatable bonds is 6. The number of halogens is 2. The van der Waals surface area contributed by atoms with E-state index in [1.54, 1.807) is 36.4 Å². The Bertz CT molecular complexity index is 730. The summed E-state index contributed by atoms with van der Waals surface area (Å²) in [5.41, 5.74) is 0.930. The number of benzene rings is 2. The van der Waals surface area contributed by atoms with Crippen LogP contribution in [0, 0.1) is 5.82 Å². The Morgan fingerprint density at radius 3 is 2.80 bits per heavy atom. The number of amides is 1. The second-order valence-electron chi connectivity index (χ2n) is 5.89. The van der Waals surface area contributed by atoms with Crippen molar-refractivity contribution in [1.29, 1.82) is 0 Å². The lowest BCUT2D eigenvalue weighted by Crippen LogP contribution is -2.23. The summed E-state index contributed by atoms with van der Waals surface area (Å²) in [6.45, 7) is 1.45. The lowest BCUT2D eigenvalue weighted by atomic mass is 10.2. The van der Waals surface area contributed by atoms with Gasteiger partial charge in [-0.05, 0) is 55.3 Å². The van der Waals surface area contributed by atoms with Gasteiger partial charge in [0.15, 0.2) is 0 Å². The molecule has 1 unspecified atom stereocenters. The van der Waals surface area contributed by atoms with Gasteiger partial charge in [-0.3, -0.25) is 4.79 Å². The molecule has 2 aromatic rings. The smallest absolute Gasteiger partial charge is 0.251 e. The highest BCUT2D eigenvalue weighted by molar-refractivity contribution is 9.10. The van der Waals surface area contributed by atoms with Gasteiger partial charge >= 0.3 is 0 Å². The zero-order valence-electron chi connectivity index (χ0n) is 13.6. The van der Waals surface area contributed by atoms with Crippen molar-refractivity contribution in [3.05, 3.63) is 63.9 Å². The van der Waals surface area contributed by atoms with E-state index in [-0.39, 0.29) is 24.4 Å². The Labute approximate surface area is 154 Å². The van der Waals surface area contributed by atoms with Crippen LogP contribution in [0.15, 0.2) is 46.9 Å². The number of ether oxygens (including phenoxy) is 2. The molecule has 2 aromatic carbocycles. The molecule has 1 fully saturated rings. The molecule has 1 amide bonds. The first kappa shape index (κ1) is 17.9. The predicted molar refractivity (Wildman–Crippen MR) is 96.2 cm³/mol. The van der Waals surface area contributed by atoms with Gasteiger partial charge in [-0.1, -0.05) is 15.9 Å². The zero-order chi connectivity index (χ0) is 17.6. The molecule has 25 heavy (non-hydrogen) atoms. The van der Waals surface area contributed by atoms with Gasteiger partial charge in [-0.2, -0.15) is 0 Å². The van der Waals surface area contributed by atoms with Crippen molar-refractivity contribution in [3.63, 3.8) is 0 Å². The fourth-order valence-electron chi connectivity index (χ4n) is 2.62. The van der Waals surface area contributed by atoms with Gasteiger partial charge in [0.25, 0.3) is 5.91 Å². The highest BCUT2D eigenvalue weighted by atomic mass is 79.9. The molecule has 6 heteroatoms. The quantitative estimate of drug-likeness (QED) is 0.784. The van der Waals surface area contributed by atoms with E-state index in [1.165, 1.54) is 6.07 Å². The lowest BCUT2D eigenvalue weighted by molar-refractivity contribution is 0.0679. The van der Waals surface area contributed by atoms with Crippen molar-refractivity contribution >= 4 is 21.8 Å². The summed E-state index contributed by atoms with van der Waals surface area (Å²) in [5.74, 6) is 0.0940. The third kappa shape index (κ3) is 5.03. The van der Waals surface area contributed by atoms with Gasteiger partial charge in [0, 0.05) is 28.8 Å². The minimum atomic E-state index is -0.346. The van der Waals surface area contributed by atoms with Crippen molar-refractivity contribution in [1.82, 2.24) is 5.32 Å². The van der Waals surface area contributed by atoms with Crippen LogP contribution in [0.4, 0.5) is 4.39 Å². The fraction of sp³-hybridized carbons (Fsp3) is 0.316. The predicted octanol–water partition coefficient (Wildman–Crippen LogP) is 4.08. The average molecular weight is 408 g/mol. The number of hydrogen-bond acceptors (Lipinski definition) is 3. The van der Waals surface area contributed by atoms with Crippen molar-refractivity contribution in [2.75, 3.05) is 13.2 Å². The van der Waals surface area contributed by atoms with E-state index in [0.717, 1.165) is 23.9 Å². The van der Waals surface area contributed by atoms with Crippen LogP contribution in [0.25, 0.3) is 0 Å². The summed E-state index contributed by atoms with van der Waals surface area (Å²) in [6.07, 6.45) is 2.25. The molecular weight excluding hydrogens is 389 g/mol. The summed E-state index contributed by atoms with van der Waals surface area (Å²) in [5, 5.41) is 2.72. The first-order valence-corrected chi connectivity index (χ1v) is 8.98. The van der Waals surface area contributed by atoms with Crippen LogP contribution in [-0.2, 0) is 11.3 Å². The minimum absolute atomic E-state index is 0.126. The van der Waals surface area contributed by atoms with E-state index < -0.39 is 0 Å². The summed E-state index contributed by atoms with van der Waals surface area (Å²) >= 11 is 3.29. The van der Waals surface area contributed by atoms with E-state index in [4.69, 9.17) is 9.47 Å². The molecule has 1 heterocycles. The van der Waals surface area contributed by atoms with Crippen LogP contribution in [-0.4, -0.2) is 25.2 Å². The van der Waals surface area contributed by atoms with E-state index >= 15 is 0 Å². The largest absolute Gasteiger partial charge is 0.491 e. The van der Waals surface area contributed by atoms with Crippen molar-refractivity contribution < 1.29 is 18.7 Å². The number of nitrogens with one attached hydrogen (secondary N) is 1. The summed E-state index contributed by atoms with van der Waals surface area (Å²) < 4.78 is 25.6. The molecule has 1 atom stereocenters. The Balaban J connectivity index is 1.52. The van der Waals surface area contributed by atoms with Crippen LogP contribution in [0.3, 0.4) is 0 Å². The highest BCUT2D eigenvalue weighted by Crippen LogP contribution is 2.18. The van der Waals surface area contributed by atoms with E-state index in [2.05, 4.69) is 21.2 Å². The molecule has 0 aromatic heterocycles. The molecular formula is C19H19BrFNO3.